The Bertz CT molecular complexity index is 62.7. The summed E-state index contributed by atoms with van der Waals surface area (Å²) in [6, 6.07) is 0. The molecule has 0 spiro atoms. The summed E-state index contributed by atoms with van der Waals surface area (Å²) in [5, 5.41) is 2.78. The average molecular weight is 97.0 g/mol. The minimum atomic E-state index is 0.618. The third-order valence-corrected chi connectivity index (χ3v) is 0.735. The molecule has 0 bridgehead atoms. The predicted molar refractivity (Wildman–Crippen MR) is 33.5 cm³/mol. The van der Waals surface area contributed by atoms with Gasteiger partial charge in [0, 0.05) is 0 Å². The van der Waals surface area contributed by atoms with E-state index in [1.165, 1.54) is 0 Å². The van der Waals surface area contributed by atoms with Crippen LogP contribution in [0.4, 0.5) is 0 Å². The zero-order valence-corrected chi connectivity index (χ0v) is 4.57. The third kappa shape index (κ3) is 3.53. The quantitative estimate of drug-likeness (QED) is 0.436. The van der Waals surface area contributed by atoms with Crippen LogP contribution in [-0.2, 0) is 0 Å². The molecule has 0 aliphatic heterocycles. The van der Waals surface area contributed by atoms with Crippen molar-refractivity contribution in [2.24, 2.45) is 5.73 Å². The molecule has 0 unspecified atom stereocenters. The van der Waals surface area contributed by atoms with E-state index in [0.29, 0.717) is 6.54 Å². The summed E-state index contributed by atoms with van der Waals surface area (Å²) in [4.78, 5) is 0. The van der Waals surface area contributed by atoms with Crippen LogP contribution in [0.15, 0.2) is 0 Å². The van der Waals surface area contributed by atoms with Crippen molar-refractivity contribution in [1.82, 2.24) is 5.32 Å². The molecule has 0 atom stereocenters. The van der Waals surface area contributed by atoms with Gasteiger partial charge in [-0.2, -0.15) is 0 Å². The molecule has 0 heterocycles. The van der Waals surface area contributed by atoms with E-state index < -0.39 is 0 Å². The number of rotatable bonds is 3. The van der Waals surface area contributed by atoms with E-state index in [4.69, 9.17) is 13.2 Å². The van der Waals surface area contributed by atoms with E-state index in [1.54, 1.807) is 7.05 Å². The summed E-state index contributed by atoms with van der Waals surface area (Å²) in [5.41, 5.74) is 5.92. The molecule has 0 amide bonds. The molecule has 3 N–H and O–H groups in total. The Hall–Kier alpha value is -0.305. The van der Waals surface area contributed by atoms with Crippen molar-refractivity contribution >= 4 is 13.1 Å². The fourth-order valence-electron chi connectivity index (χ4n) is 0.281. The van der Waals surface area contributed by atoms with Gasteiger partial charge < -0.3 is 0 Å². The summed E-state index contributed by atoms with van der Waals surface area (Å²) in [6.45, 7) is 0.618. The van der Waals surface area contributed by atoms with E-state index in [-0.39, 0.29) is 0 Å². The van der Waals surface area contributed by atoms with Crippen LogP contribution in [0.3, 0.4) is 0 Å². The average Bonchev–Trinajstić information content (AvgIpc) is 1.68. The molecule has 0 rings (SSSR count). The number of nitrogens with two attached hydrogens (primary N) is 1. The monoisotopic (exact) mass is 97.1 g/mol. The summed E-state index contributed by atoms with van der Waals surface area (Å²) >= 11 is 0. The Morgan fingerprint density at radius 3 is 2.57 bits per heavy atom. The van der Waals surface area contributed by atoms with Gasteiger partial charge in [0.1, 0.15) is 0 Å². The van der Waals surface area contributed by atoms with E-state index in [0.717, 1.165) is 12.0 Å². The second-order valence-electron chi connectivity index (χ2n) is 1.31. The molecular weight excluding hydrogens is 86.9 g/mol. The Kier molecular flexibility index (Phi) is 3.70. The topological polar surface area (TPSA) is 38.0 Å². The molecule has 1 radical (unpaired) electrons. The van der Waals surface area contributed by atoms with Crippen LogP contribution in [0.2, 0.25) is 0 Å². The molecule has 0 aliphatic carbocycles. The Labute approximate surface area is 45.2 Å². The van der Waals surface area contributed by atoms with Crippen molar-refractivity contribution in [2.75, 3.05) is 13.6 Å². The molecule has 0 saturated heterocycles. The first-order valence-corrected chi connectivity index (χ1v) is 2.30. The molecule has 0 aromatic heterocycles. The van der Waals surface area contributed by atoms with E-state index in [1.807, 2.05) is 0 Å². The van der Waals surface area contributed by atoms with Crippen molar-refractivity contribution in [3.05, 3.63) is 0 Å². The summed E-state index contributed by atoms with van der Waals surface area (Å²) in [6.07, 6.45) is 0.760. The summed E-state index contributed by atoms with van der Waals surface area (Å²) in [5.74, 6) is 0. The van der Waals surface area contributed by atoms with Crippen molar-refractivity contribution in [1.29, 1.82) is 0 Å². The SMILES string of the molecule is [B]=C(CCN)NC. The van der Waals surface area contributed by atoms with Gasteiger partial charge in [-0.25, -0.2) is 0 Å². The van der Waals surface area contributed by atoms with Crippen molar-refractivity contribution in [3.8, 4) is 0 Å². The van der Waals surface area contributed by atoms with Crippen molar-refractivity contribution in [2.45, 2.75) is 6.42 Å². The first kappa shape index (κ1) is 6.69. The van der Waals surface area contributed by atoms with Crippen LogP contribution in [0.1, 0.15) is 6.42 Å². The van der Waals surface area contributed by atoms with Gasteiger partial charge in [0.05, 0.1) is 0 Å². The van der Waals surface area contributed by atoms with E-state index in [2.05, 4.69) is 5.32 Å². The van der Waals surface area contributed by atoms with Gasteiger partial charge in [0.2, 0.25) is 0 Å². The maximum absolute atomic E-state index is 5.31. The van der Waals surface area contributed by atoms with Gasteiger partial charge in [0.15, 0.2) is 0 Å². The summed E-state index contributed by atoms with van der Waals surface area (Å²) < 4.78 is 0. The fourth-order valence-corrected chi connectivity index (χ4v) is 0.281. The number of hydrogen-bond acceptors (Lipinski definition) is 2. The normalized spacial score (nSPS) is 8.14. The Morgan fingerprint density at radius 2 is 2.43 bits per heavy atom. The molecule has 39 valence electrons. The van der Waals surface area contributed by atoms with E-state index >= 15 is 0 Å². The van der Waals surface area contributed by atoms with Crippen LogP contribution >= 0.6 is 0 Å². The van der Waals surface area contributed by atoms with Crippen LogP contribution in [0.25, 0.3) is 0 Å². The van der Waals surface area contributed by atoms with Gasteiger partial charge >= 0.3 is 44.1 Å². The van der Waals surface area contributed by atoms with Gasteiger partial charge in [-0.05, 0) is 0 Å². The van der Waals surface area contributed by atoms with Gasteiger partial charge in [-0.15, -0.1) is 0 Å². The summed E-state index contributed by atoms with van der Waals surface area (Å²) in [7, 11) is 7.09. The van der Waals surface area contributed by atoms with Crippen LogP contribution in [-0.4, -0.2) is 26.7 Å². The molecule has 7 heavy (non-hydrogen) atoms. The minimum absolute atomic E-state index is 0.618. The first-order valence-electron chi connectivity index (χ1n) is 2.30. The standard InChI is InChI=1S/C4H10BN2/c1-7-4(5)2-3-6/h7H,2-3,6H2,1H3. The molecular formula is C4H10BN2. The van der Waals surface area contributed by atoms with Crippen molar-refractivity contribution in [3.63, 3.8) is 0 Å². The second-order valence-corrected chi connectivity index (χ2v) is 1.31. The van der Waals surface area contributed by atoms with Gasteiger partial charge in [0.25, 0.3) is 0 Å². The molecule has 0 aromatic carbocycles. The zero-order chi connectivity index (χ0) is 5.70. The maximum atomic E-state index is 5.31. The zero-order valence-electron chi connectivity index (χ0n) is 4.57. The molecule has 3 heteroatoms. The number of hydrogen-bond donors (Lipinski definition) is 2. The molecule has 0 aliphatic rings. The fraction of sp³-hybridized carbons (Fsp3) is 0.750. The Balaban J connectivity index is 3.00. The van der Waals surface area contributed by atoms with Crippen LogP contribution < -0.4 is 11.1 Å². The van der Waals surface area contributed by atoms with Crippen molar-refractivity contribution < 1.29 is 0 Å². The molecule has 0 saturated carbocycles. The molecule has 0 aromatic rings. The molecule has 2 nitrogen and oxygen atoms in total. The van der Waals surface area contributed by atoms with E-state index in [9.17, 15) is 0 Å². The van der Waals surface area contributed by atoms with Crippen LogP contribution in [0, 0.1) is 0 Å². The predicted octanol–water partition coefficient (Wildman–Crippen LogP) is -1.15. The van der Waals surface area contributed by atoms with Gasteiger partial charge in [-0.3, -0.25) is 0 Å². The Morgan fingerprint density at radius 1 is 1.86 bits per heavy atom. The first-order chi connectivity index (χ1) is 3.31. The number of nitrogens with one attached hydrogen (secondary N) is 1. The molecule has 0 fully saturated rings. The van der Waals surface area contributed by atoms with Crippen LogP contribution in [0.5, 0.6) is 0 Å². The third-order valence-electron chi connectivity index (χ3n) is 0.735. The second kappa shape index (κ2) is 3.87. The van der Waals surface area contributed by atoms with Gasteiger partial charge in [-0.1, -0.05) is 0 Å².